The fourth-order valence-corrected chi connectivity index (χ4v) is 6.19. The number of aromatic hydroxyl groups is 1. The summed E-state index contributed by atoms with van der Waals surface area (Å²) in [4.78, 5) is 44.3. The van der Waals surface area contributed by atoms with Crippen molar-refractivity contribution in [1.29, 1.82) is 0 Å². The molecule has 216 valence electrons. The van der Waals surface area contributed by atoms with Gasteiger partial charge < -0.3 is 29.5 Å². The minimum absolute atomic E-state index is 0.000815. The van der Waals surface area contributed by atoms with Gasteiger partial charge >= 0.3 is 11.8 Å². The number of aliphatic imine (C=N–C) groups is 1. The lowest BCUT2D eigenvalue weighted by Gasteiger charge is -2.37. The number of carbonyl (C=O) groups is 1. The van der Waals surface area contributed by atoms with Crippen molar-refractivity contribution in [2.45, 2.75) is 71.3 Å². The SMILES string of the molecule is CO[N+](=O)c1ccc2c(C3=Nc4ccc(N5CC6CC5CN6C(=O)OC(C)(C)C)cc4CN3C(C)C)c(O)[nH]c2c1. The molecule has 11 heteroatoms. The average molecular weight is 562 g/mol. The first kappa shape index (κ1) is 26.9. The highest BCUT2D eigenvalue weighted by Gasteiger charge is 2.46. The normalized spacial score (nSPS) is 20.1. The molecule has 4 heterocycles. The zero-order valence-corrected chi connectivity index (χ0v) is 24.3. The number of hydrogen-bond donors (Lipinski definition) is 2. The Balaban J connectivity index is 1.29. The van der Waals surface area contributed by atoms with Crippen LogP contribution in [0.2, 0.25) is 0 Å². The van der Waals surface area contributed by atoms with Gasteiger partial charge in [0, 0.05) is 54.9 Å². The molecular weight excluding hydrogens is 524 g/mol. The van der Waals surface area contributed by atoms with Gasteiger partial charge in [0.2, 0.25) is 5.88 Å². The topological polar surface area (TPSA) is 114 Å². The predicted molar refractivity (Wildman–Crippen MR) is 156 cm³/mol. The number of H-pyrrole nitrogens is 1. The predicted octanol–water partition coefficient (Wildman–Crippen LogP) is 5.35. The number of likely N-dealkylation sites (tertiary alicyclic amines) is 1. The first-order valence-corrected chi connectivity index (χ1v) is 14.0. The monoisotopic (exact) mass is 561 g/mol. The molecule has 6 rings (SSSR count). The number of nitrogens with one attached hydrogen (secondary N) is 1. The van der Waals surface area contributed by atoms with Gasteiger partial charge in [0.15, 0.2) is 7.11 Å². The Kier molecular flexibility index (Phi) is 6.35. The van der Waals surface area contributed by atoms with E-state index in [0.717, 1.165) is 35.3 Å². The number of nitrogens with zero attached hydrogens (tertiary/aromatic N) is 5. The first-order chi connectivity index (χ1) is 19.4. The lowest BCUT2D eigenvalue weighted by molar-refractivity contribution is -0.736. The third-order valence-electron chi connectivity index (χ3n) is 8.09. The fraction of sp³-hybridized carbons (Fsp3) is 0.467. The Bertz CT molecular complexity index is 1570. The molecule has 2 bridgehead atoms. The molecule has 2 N–H and O–H groups in total. The van der Waals surface area contributed by atoms with Crippen LogP contribution in [0, 0.1) is 4.91 Å². The number of fused-ring (bicyclic) bond motifs is 4. The van der Waals surface area contributed by atoms with Crippen LogP contribution in [0.5, 0.6) is 5.88 Å². The van der Waals surface area contributed by atoms with Crippen LogP contribution in [0.3, 0.4) is 0 Å². The summed E-state index contributed by atoms with van der Waals surface area (Å²) in [6.45, 7) is 12.0. The Morgan fingerprint density at radius 2 is 1.93 bits per heavy atom. The van der Waals surface area contributed by atoms with Gasteiger partial charge in [-0.3, -0.25) is 0 Å². The third kappa shape index (κ3) is 4.72. The molecule has 11 nitrogen and oxygen atoms in total. The Labute approximate surface area is 238 Å². The number of anilines is 1. The maximum absolute atomic E-state index is 12.7. The Morgan fingerprint density at radius 3 is 2.59 bits per heavy atom. The van der Waals surface area contributed by atoms with E-state index >= 15 is 0 Å². The Morgan fingerprint density at radius 1 is 1.15 bits per heavy atom. The zero-order chi connectivity index (χ0) is 29.2. The maximum atomic E-state index is 12.7. The summed E-state index contributed by atoms with van der Waals surface area (Å²) < 4.78 is 5.63. The van der Waals surface area contributed by atoms with Crippen molar-refractivity contribution in [3.63, 3.8) is 0 Å². The van der Waals surface area contributed by atoms with Gasteiger partial charge in [0.1, 0.15) is 11.4 Å². The maximum Gasteiger partial charge on any atom is 0.410 e. The molecule has 2 fully saturated rings. The van der Waals surface area contributed by atoms with E-state index in [-0.39, 0.29) is 30.1 Å². The van der Waals surface area contributed by atoms with Crippen molar-refractivity contribution in [3.8, 4) is 5.88 Å². The number of aromatic nitrogens is 1. The van der Waals surface area contributed by atoms with Crippen molar-refractivity contribution in [3.05, 3.63) is 52.4 Å². The largest absolute Gasteiger partial charge is 0.494 e. The second kappa shape index (κ2) is 9.67. The van der Waals surface area contributed by atoms with E-state index < -0.39 is 5.60 Å². The van der Waals surface area contributed by atoms with E-state index in [1.807, 2.05) is 31.7 Å². The summed E-state index contributed by atoms with van der Waals surface area (Å²) in [5.74, 6) is 0.676. The van der Waals surface area contributed by atoms with E-state index in [2.05, 4.69) is 40.8 Å². The standard InChI is InChI=1S/C30H36N6O5/c1-17(2)33-14-18-11-19(34-15-22-12-21(34)16-35(22)29(38)41-30(3,4)5)8-10-24(18)31-27(33)26-23-9-7-20(36(39)40-6)13-25(23)32-28(26)37/h7-11,13,17,21-22H,12,14-16H2,1-6H3,(H-,31,32,37,39)/p+1. The molecule has 0 aliphatic carbocycles. The van der Waals surface area contributed by atoms with E-state index in [1.165, 1.54) is 7.11 Å². The minimum Gasteiger partial charge on any atom is -0.494 e. The second-order valence-corrected chi connectivity index (χ2v) is 12.3. The number of aromatic amines is 1. The van der Waals surface area contributed by atoms with Crippen molar-refractivity contribution in [1.82, 2.24) is 14.8 Å². The van der Waals surface area contributed by atoms with Gasteiger partial charge in [-0.15, -0.1) is 0 Å². The van der Waals surface area contributed by atoms with Crippen LogP contribution in [0.25, 0.3) is 10.9 Å². The number of ether oxygens (including phenoxy) is 1. The van der Waals surface area contributed by atoms with Crippen LogP contribution in [0.15, 0.2) is 41.4 Å². The fourth-order valence-electron chi connectivity index (χ4n) is 6.19. The molecule has 3 aliphatic heterocycles. The lowest BCUT2D eigenvalue weighted by atomic mass is 10.0. The molecule has 0 spiro atoms. The van der Waals surface area contributed by atoms with E-state index in [4.69, 9.17) is 14.6 Å². The van der Waals surface area contributed by atoms with Crippen molar-refractivity contribution in [2.24, 2.45) is 4.99 Å². The molecule has 1 amide bonds. The molecule has 2 saturated heterocycles. The Hall–Kier alpha value is -4.28. The van der Waals surface area contributed by atoms with Crippen LogP contribution in [0.1, 0.15) is 52.2 Å². The quantitative estimate of drug-likeness (QED) is 0.404. The molecule has 3 aromatic rings. The van der Waals surface area contributed by atoms with Crippen LogP contribution < -0.4 is 4.90 Å². The molecule has 1 aromatic heterocycles. The second-order valence-electron chi connectivity index (χ2n) is 12.3. The van der Waals surface area contributed by atoms with Gasteiger partial charge in [0.05, 0.1) is 27.7 Å². The first-order valence-electron chi connectivity index (χ1n) is 14.0. The molecule has 0 saturated carbocycles. The number of amides is 1. The van der Waals surface area contributed by atoms with Gasteiger partial charge in [0.25, 0.3) is 4.92 Å². The summed E-state index contributed by atoms with van der Waals surface area (Å²) in [6.07, 6.45) is 0.706. The summed E-state index contributed by atoms with van der Waals surface area (Å²) in [6, 6.07) is 12.0. The van der Waals surface area contributed by atoms with Crippen molar-refractivity contribution in [2.75, 3.05) is 25.1 Å². The average Bonchev–Trinajstić information content (AvgIpc) is 3.62. The van der Waals surface area contributed by atoms with Gasteiger partial charge in [-0.05, 0) is 70.9 Å². The minimum atomic E-state index is -0.507. The summed E-state index contributed by atoms with van der Waals surface area (Å²) in [5.41, 5.74) is 4.13. The highest BCUT2D eigenvalue weighted by Crippen LogP contribution is 2.40. The molecule has 2 aromatic carbocycles. The zero-order valence-electron chi connectivity index (χ0n) is 24.3. The number of hydrogen-bond acceptors (Lipinski definition) is 8. The highest BCUT2D eigenvalue weighted by atomic mass is 16.8. The van der Waals surface area contributed by atoms with Crippen LogP contribution >= 0.6 is 0 Å². The molecule has 2 unspecified atom stereocenters. The third-order valence-corrected chi connectivity index (χ3v) is 8.09. The summed E-state index contributed by atoms with van der Waals surface area (Å²) in [7, 11) is 1.31. The van der Waals surface area contributed by atoms with E-state index in [9.17, 15) is 14.8 Å². The van der Waals surface area contributed by atoms with Crippen molar-refractivity contribution < 1.29 is 24.4 Å². The van der Waals surface area contributed by atoms with E-state index in [0.29, 0.717) is 40.6 Å². The molecule has 3 aliphatic rings. The molecular formula is C30H37N6O5+. The van der Waals surface area contributed by atoms with Crippen LogP contribution in [-0.2, 0) is 16.1 Å². The number of rotatable bonds is 5. The molecule has 41 heavy (non-hydrogen) atoms. The molecule has 2 atom stereocenters. The highest BCUT2D eigenvalue weighted by molar-refractivity contribution is 6.13. The lowest BCUT2D eigenvalue weighted by Crippen LogP contribution is -2.50. The molecule has 0 radical (unpaired) electrons. The van der Waals surface area contributed by atoms with Gasteiger partial charge in [-0.2, -0.15) is 0 Å². The van der Waals surface area contributed by atoms with Gasteiger partial charge in [-0.25, -0.2) is 14.6 Å². The number of carbonyl (C=O) groups excluding carboxylic acids is 1. The number of piperazine rings is 1. The van der Waals surface area contributed by atoms with E-state index in [1.54, 1.807) is 18.2 Å². The van der Waals surface area contributed by atoms with Crippen molar-refractivity contribution >= 4 is 39.9 Å². The summed E-state index contributed by atoms with van der Waals surface area (Å²) >= 11 is 0. The summed E-state index contributed by atoms with van der Waals surface area (Å²) in [5, 5.41) is 11.7. The van der Waals surface area contributed by atoms with Crippen LogP contribution in [-0.4, -0.2) is 80.7 Å². The number of benzene rings is 2. The van der Waals surface area contributed by atoms with Gasteiger partial charge in [-0.1, -0.05) is 0 Å². The number of amidine groups is 1. The van der Waals surface area contributed by atoms with Crippen LogP contribution in [0.4, 0.5) is 21.9 Å². The smallest absolute Gasteiger partial charge is 0.410 e.